The summed E-state index contributed by atoms with van der Waals surface area (Å²) in [7, 11) is 2.06. The van der Waals surface area contributed by atoms with Crippen molar-refractivity contribution < 1.29 is 9.59 Å². The van der Waals surface area contributed by atoms with Gasteiger partial charge in [-0.05, 0) is 7.05 Å². The highest BCUT2D eigenvalue weighted by molar-refractivity contribution is 5.93. The van der Waals surface area contributed by atoms with Crippen molar-refractivity contribution in [3.05, 3.63) is 0 Å². The van der Waals surface area contributed by atoms with Crippen LogP contribution in [0.3, 0.4) is 0 Å². The van der Waals surface area contributed by atoms with Gasteiger partial charge in [0.1, 0.15) is 0 Å². The van der Waals surface area contributed by atoms with Gasteiger partial charge in [-0.1, -0.05) is 0 Å². The molecule has 84 valence electrons. The first-order chi connectivity index (χ1) is 7.16. The van der Waals surface area contributed by atoms with Gasteiger partial charge < -0.3 is 4.90 Å². The van der Waals surface area contributed by atoms with Gasteiger partial charge in [0.05, 0.1) is 12.5 Å². The van der Waals surface area contributed by atoms with E-state index in [-0.39, 0.29) is 24.3 Å². The van der Waals surface area contributed by atoms with Crippen LogP contribution in [0.15, 0.2) is 0 Å². The van der Waals surface area contributed by atoms with E-state index in [0.29, 0.717) is 0 Å². The van der Waals surface area contributed by atoms with Crippen molar-refractivity contribution in [2.45, 2.75) is 12.5 Å². The molecule has 0 aromatic heterocycles. The molecule has 0 radical (unpaired) electrons. The lowest BCUT2D eigenvalue weighted by Crippen LogP contribution is -2.61. The summed E-state index contributed by atoms with van der Waals surface area (Å²) in [6, 6.07) is -0.285. The molecule has 2 saturated heterocycles. The third-order valence-electron chi connectivity index (χ3n) is 2.99. The molecule has 2 aliphatic heterocycles. The molecule has 2 fully saturated rings. The van der Waals surface area contributed by atoms with Crippen molar-refractivity contribution >= 4 is 11.8 Å². The standard InChI is InChI=1S/C9H16N4O2/c1-12-2-4-13(5-3-12)7-6-8(14)10-11-9(7)15/h7H,2-6H2,1H3,(H,10,14)(H,11,15). The molecule has 0 aromatic rings. The first-order valence-electron chi connectivity index (χ1n) is 5.18. The summed E-state index contributed by atoms with van der Waals surface area (Å²) >= 11 is 0. The number of nitrogens with one attached hydrogen (secondary N) is 2. The number of rotatable bonds is 1. The molecule has 6 nitrogen and oxygen atoms in total. The Morgan fingerprint density at radius 1 is 1.13 bits per heavy atom. The Morgan fingerprint density at radius 3 is 2.47 bits per heavy atom. The Morgan fingerprint density at radius 2 is 1.80 bits per heavy atom. The second-order valence-electron chi connectivity index (χ2n) is 4.10. The number of hydrazine groups is 1. The van der Waals surface area contributed by atoms with Crippen LogP contribution in [0.2, 0.25) is 0 Å². The number of amides is 2. The maximum atomic E-state index is 11.5. The second kappa shape index (κ2) is 4.16. The molecule has 0 spiro atoms. The molecule has 0 bridgehead atoms. The Hall–Kier alpha value is -1.14. The monoisotopic (exact) mass is 212 g/mol. The summed E-state index contributed by atoms with van der Waals surface area (Å²) in [5.74, 6) is -0.210. The molecule has 2 aliphatic rings. The van der Waals surface area contributed by atoms with Crippen molar-refractivity contribution in [1.29, 1.82) is 0 Å². The largest absolute Gasteiger partial charge is 0.304 e. The van der Waals surface area contributed by atoms with Gasteiger partial charge in [0.15, 0.2) is 0 Å². The third kappa shape index (κ3) is 2.27. The van der Waals surface area contributed by atoms with Crippen molar-refractivity contribution in [1.82, 2.24) is 20.7 Å². The molecule has 0 aliphatic carbocycles. The molecule has 2 rings (SSSR count). The number of likely N-dealkylation sites (N-methyl/N-ethyl adjacent to an activating group) is 1. The first kappa shape index (κ1) is 10.4. The summed E-state index contributed by atoms with van der Waals surface area (Å²) in [6.07, 6.45) is 0.273. The van der Waals surface area contributed by atoms with Crippen LogP contribution in [0.4, 0.5) is 0 Å². The number of carbonyl (C=O) groups excluding carboxylic acids is 2. The Bertz CT molecular complexity index is 273. The highest BCUT2D eigenvalue weighted by Crippen LogP contribution is 2.10. The van der Waals surface area contributed by atoms with Crippen LogP contribution in [-0.2, 0) is 9.59 Å². The minimum absolute atomic E-state index is 0.0980. The van der Waals surface area contributed by atoms with Gasteiger partial charge in [-0.25, -0.2) is 0 Å². The molecule has 6 heteroatoms. The van der Waals surface area contributed by atoms with E-state index >= 15 is 0 Å². The van der Waals surface area contributed by atoms with E-state index in [9.17, 15) is 9.59 Å². The summed E-state index contributed by atoms with van der Waals surface area (Å²) in [6.45, 7) is 3.60. The minimum atomic E-state index is -0.285. The molecule has 0 aromatic carbocycles. The van der Waals surface area contributed by atoms with Gasteiger partial charge >= 0.3 is 0 Å². The maximum Gasteiger partial charge on any atom is 0.256 e. The summed E-state index contributed by atoms with van der Waals surface area (Å²) in [5, 5.41) is 0. The number of hydrogen-bond donors (Lipinski definition) is 2. The van der Waals surface area contributed by atoms with E-state index in [1.165, 1.54) is 0 Å². The third-order valence-corrected chi connectivity index (χ3v) is 2.99. The fraction of sp³-hybridized carbons (Fsp3) is 0.778. The van der Waals surface area contributed by atoms with Crippen LogP contribution in [0, 0.1) is 0 Å². The minimum Gasteiger partial charge on any atom is -0.304 e. The molecule has 1 unspecified atom stereocenters. The predicted molar refractivity (Wildman–Crippen MR) is 53.8 cm³/mol. The molecular weight excluding hydrogens is 196 g/mol. The molecule has 0 saturated carbocycles. The summed E-state index contributed by atoms with van der Waals surface area (Å²) < 4.78 is 0. The van der Waals surface area contributed by atoms with E-state index in [1.807, 2.05) is 0 Å². The fourth-order valence-electron chi connectivity index (χ4n) is 1.96. The Balaban J connectivity index is 1.96. The fourth-order valence-corrected chi connectivity index (χ4v) is 1.96. The highest BCUT2D eigenvalue weighted by atomic mass is 16.2. The van der Waals surface area contributed by atoms with Crippen LogP contribution in [-0.4, -0.2) is 60.9 Å². The highest BCUT2D eigenvalue weighted by Gasteiger charge is 2.33. The zero-order valence-electron chi connectivity index (χ0n) is 8.82. The van der Waals surface area contributed by atoms with Crippen LogP contribution >= 0.6 is 0 Å². The number of nitrogens with zero attached hydrogens (tertiary/aromatic N) is 2. The number of carbonyl (C=O) groups is 2. The quantitative estimate of drug-likeness (QED) is 0.536. The van der Waals surface area contributed by atoms with E-state index in [4.69, 9.17) is 0 Å². The van der Waals surface area contributed by atoms with Gasteiger partial charge in [-0.3, -0.25) is 25.3 Å². The summed E-state index contributed by atoms with van der Waals surface area (Å²) in [5.41, 5.74) is 4.73. The lowest BCUT2D eigenvalue weighted by atomic mass is 10.1. The first-order valence-corrected chi connectivity index (χ1v) is 5.18. The molecular formula is C9H16N4O2. The smallest absolute Gasteiger partial charge is 0.256 e. The molecule has 2 amide bonds. The molecule has 15 heavy (non-hydrogen) atoms. The van der Waals surface area contributed by atoms with E-state index in [0.717, 1.165) is 26.2 Å². The second-order valence-corrected chi connectivity index (χ2v) is 4.10. The SMILES string of the molecule is CN1CCN(C2CC(=O)NNC2=O)CC1. The van der Waals surface area contributed by atoms with Gasteiger partial charge in [-0.2, -0.15) is 0 Å². The average Bonchev–Trinajstić information content (AvgIpc) is 2.23. The van der Waals surface area contributed by atoms with E-state index in [2.05, 4.69) is 27.7 Å². The van der Waals surface area contributed by atoms with Crippen LogP contribution in [0.1, 0.15) is 6.42 Å². The Kier molecular flexibility index (Phi) is 2.88. The van der Waals surface area contributed by atoms with Crippen LogP contribution < -0.4 is 10.9 Å². The van der Waals surface area contributed by atoms with Crippen molar-refractivity contribution in [2.75, 3.05) is 33.2 Å². The molecule has 2 heterocycles. The lowest BCUT2D eigenvalue weighted by Gasteiger charge is -2.38. The number of piperazine rings is 1. The van der Waals surface area contributed by atoms with Crippen molar-refractivity contribution in [2.24, 2.45) is 0 Å². The van der Waals surface area contributed by atoms with Crippen LogP contribution in [0.5, 0.6) is 0 Å². The normalized spacial score (nSPS) is 29.8. The number of hydrogen-bond acceptors (Lipinski definition) is 4. The summed E-state index contributed by atoms with van der Waals surface area (Å²) in [4.78, 5) is 27.0. The topological polar surface area (TPSA) is 64.7 Å². The predicted octanol–water partition coefficient (Wildman–Crippen LogP) is -1.85. The maximum absolute atomic E-state index is 11.5. The van der Waals surface area contributed by atoms with Gasteiger partial charge in [0.25, 0.3) is 5.91 Å². The molecule has 1 atom stereocenters. The average molecular weight is 212 g/mol. The van der Waals surface area contributed by atoms with E-state index in [1.54, 1.807) is 0 Å². The van der Waals surface area contributed by atoms with Gasteiger partial charge in [-0.15, -0.1) is 0 Å². The molecule has 2 N–H and O–H groups in total. The van der Waals surface area contributed by atoms with Gasteiger partial charge in [0.2, 0.25) is 5.91 Å². The van der Waals surface area contributed by atoms with Crippen molar-refractivity contribution in [3.8, 4) is 0 Å². The van der Waals surface area contributed by atoms with Gasteiger partial charge in [0, 0.05) is 26.2 Å². The van der Waals surface area contributed by atoms with Crippen molar-refractivity contribution in [3.63, 3.8) is 0 Å². The van der Waals surface area contributed by atoms with Crippen LogP contribution in [0.25, 0.3) is 0 Å². The van der Waals surface area contributed by atoms with E-state index < -0.39 is 0 Å². The zero-order chi connectivity index (χ0) is 10.8. The Labute approximate surface area is 88.6 Å². The zero-order valence-corrected chi connectivity index (χ0v) is 8.82. The lowest BCUT2D eigenvalue weighted by molar-refractivity contribution is -0.140.